The van der Waals surface area contributed by atoms with Crippen LogP contribution in [0.4, 0.5) is 0 Å². The van der Waals surface area contributed by atoms with Crippen LogP contribution in [0.25, 0.3) is 0 Å². The Bertz CT molecular complexity index is 422. The monoisotopic (exact) mass is 344 g/mol. The van der Waals surface area contributed by atoms with E-state index in [0.717, 1.165) is 0 Å². The van der Waals surface area contributed by atoms with Gasteiger partial charge in [0.25, 0.3) is 0 Å². The number of hydrogen-bond acceptors (Lipinski definition) is 3. The molecule has 1 rings (SSSR count). The summed E-state index contributed by atoms with van der Waals surface area (Å²) in [6.45, 7) is 1.23. The Hall–Kier alpha value is -0.320. The smallest absolute Gasteiger partial charge is 0.156 e. The zero-order chi connectivity index (χ0) is 14.3. The summed E-state index contributed by atoms with van der Waals surface area (Å²) < 4.78 is 10.8. The summed E-state index contributed by atoms with van der Waals surface area (Å²) in [5.74, 6) is 0.347. The Morgan fingerprint density at radius 1 is 1.16 bits per heavy atom. The number of aromatic hydroxyl groups is 1. The Morgan fingerprint density at radius 3 is 2.37 bits per heavy atom. The van der Waals surface area contributed by atoms with Crippen molar-refractivity contribution >= 4 is 46.4 Å². The lowest BCUT2D eigenvalue weighted by atomic mass is 10.3. The highest BCUT2D eigenvalue weighted by Crippen LogP contribution is 2.36. The predicted molar refractivity (Wildman–Crippen MR) is 78.8 cm³/mol. The van der Waals surface area contributed by atoms with Crippen LogP contribution in [0.5, 0.6) is 11.5 Å². The molecule has 0 aliphatic carbocycles. The van der Waals surface area contributed by atoms with Crippen LogP contribution < -0.4 is 4.74 Å². The lowest BCUT2D eigenvalue weighted by Gasteiger charge is -2.10. The summed E-state index contributed by atoms with van der Waals surface area (Å²) in [7, 11) is 0. The first-order valence-corrected chi connectivity index (χ1v) is 6.91. The Morgan fingerprint density at radius 2 is 1.79 bits per heavy atom. The molecule has 19 heavy (non-hydrogen) atoms. The van der Waals surface area contributed by atoms with Crippen molar-refractivity contribution in [3.63, 3.8) is 0 Å². The Labute approximate surface area is 131 Å². The van der Waals surface area contributed by atoms with E-state index in [0.29, 0.717) is 32.0 Å². The highest BCUT2D eigenvalue weighted by molar-refractivity contribution is 6.55. The molecule has 0 atom stereocenters. The lowest BCUT2D eigenvalue weighted by molar-refractivity contribution is 0.143. The van der Waals surface area contributed by atoms with E-state index < -0.39 is 0 Å². The van der Waals surface area contributed by atoms with Gasteiger partial charge in [-0.1, -0.05) is 46.4 Å². The third-order valence-corrected chi connectivity index (χ3v) is 2.89. The maximum atomic E-state index is 9.26. The minimum Gasteiger partial charge on any atom is -0.508 e. The predicted octanol–water partition coefficient (Wildman–Crippen LogP) is 4.80. The fourth-order valence-corrected chi connectivity index (χ4v) is 1.94. The van der Waals surface area contributed by atoms with Gasteiger partial charge in [0, 0.05) is 18.6 Å². The molecule has 0 saturated heterocycles. The second kappa shape index (κ2) is 8.77. The van der Waals surface area contributed by atoms with E-state index in [-0.39, 0.29) is 20.3 Å². The van der Waals surface area contributed by atoms with Crippen LogP contribution in [0.1, 0.15) is 6.42 Å². The largest absolute Gasteiger partial charge is 0.508 e. The van der Waals surface area contributed by atoms with Crippen molar-refractivity contribution in [3.8, 4) is 11.5 Å². The van der Waals surface area contributed by atoms with Gasteiger partial charge in [0.2, 0.25) is 0 Å². The Balaban J connectivity index is 2.28. The number of halogens is 4. The molecule has 0 aliphatic rings. The van der Waals surface area contributed by atoms with Crippen molar-refractivity contribution in [1.82, 2.24) is 0 Å². The van der Waals surface area contributed by atoms with Crippen molar-refractivity contribution in [2.45, 2.75) is 6.42 Å². The zero-order valence-electron chi connectivity index (χ0n) is 9.84. The molecule has 0 heterocycles. The van der Waals surface area contributed by atoms with E-state index in [9.17, 15) is 5.11 Å². The summed E-state index contributed by atoms with van der Waals surface area (Å²) in [5.41, 5.74) is 0. The minimum atomic E-state index is -0.00424. The van der Waals surface area contributed by atoms with Crippen molar-refractivity contribution in [3.05, 3.63) is 32.7 Å². The van der Waals surface area contributed by atoms with Crippen molar-refractivity contribution in [1.29, 1.82) is 0 Å². The van der Waals surface area contributed by atoms with Gasteiger partial charge >= 0.3 is 0 Å². The molecule has 3 nitrogen and oxygen atoms in total. The van der Waals surface area contributed by atoms with Crippen molar-refractivity contribution in [2.24, 2.45) is 0 Å². The Kier molecular flexibility index (Phi) is 7.73. The number of phenols is 1. The summed E-state index contributed by atoms with van der Waals surface area (Å²) >= 11 is 22.6. The van der Waals surface area contributed by atoms with Gasteiger partial charge < -0.3 is 14.6 Å². The fourth-order valence-electron chi connectivity index (χ4n) is 1.22. The molecule has 1 aromatic rings. The average molecular weight is 346 g/mol. The van der Waals surface area contributed by atoms with E-state index in [4.69, 9.17) is 55.9 Å². The van der Waals surface area contributed by atoms with Crippen LogP contribution in [0, 0.1) is 0 Å². The first kappa shape index (κ1) is 16.7. The van der Waals surface area contributed by atoms with Gasteiger partial charge in [0.15, 0.2) is 5.75 Å². The third-order valence-electron chi connectivity index (χ3n) is 2.02. The molecule has 0 aromatic heterocycles. The van der Waals surface area contributed by atoms with Crippen molar-refractivity contribution in [2.75, 3.05) is 19.8 Å². The SMILES string of the molecule is Oc1cc(Cl)c(OCCCOCC=C(Cl)Cl)c(Cl)c1. The number of ether oxygens (including phenoxy) is 2. The minimum absolute atomic E-state index is 0.00424. The molecule has 0 radical (unpaired) electrons. The van der Waals surface area contributed by atoms with Gasteiger partial charge in [-0.25, -0.2) is 0 Å². The molecular formula is C12H12Cl4O3. The van der Waals surface area contributed by atoms with Crippen LogP contribution in [0.2, 0.25) is 10.0 Å². The van der Waals surface area contributed by atoms with Crippen LogP contribution in [0.15, 0.2) is 22.7 Å². The lowest BCUT2D eigenvalue weighted by Crippen LogP contribution is -2.03. The summed E-state index contributed by atoms with van der Waals surface area (Å²) in [4.78, 5) is 0. The summed E-state index contributed by atoms with van der Waals surface area (Å²) in [5, 5.41) is 9.79. The first-order valence-electron chi connectivity index (χ1n) is 5.40. The van der Waals surface area contributed by atoms with Gasteiger partial charge in [-0.3, -0.25) is 0 Å². The average Bonchev–Trinajstić information content (AvgIpc) is 2.30. The number of benzene rings is 1. The quantitative estimate of drug-likeness (QED) is 0.721. The van der Waals surface area contributed by atoms with Crippen LogP contribution in [0.3, 0.4) is 0 Å². The molecule has 0 amide bonds. The van der Waals surface area contributed by atoms with Crippen LogP contribution in [-0.4, -0.2) is 24.9 Å². The summed E-state index contributed by atoms with van der Waals surface area (Å²) in [6.07, 6.45) is 2.21. The molecule has 0 bridgehead atoms. The molecule has 0 unspecified atom stereocenters. The molecule has 0 aliphatic heterocycles. The highest BCUT2D eigenvalue weighted by atomic mass is 35.5. The normalized spacial score (nSPS) is 10.3. The van der Waals surface area contributed by atoms with Gasteiger partial charge in [0.05, 0.1) is 29.9 Å². The number of rotatable bonds is 7. The number of phenolic OH excluding ortho intramolecular Hbond substituents is 1. The highest BCUT2D eigenvalue weighted by Gasteiger charge is 2.09. The van der Waals surface area contributed by atoms with Crippen LogP contribution >= 0.6 is 46.4 Å². The van der Waals surface area contributed by atoms with Gasteiger partial charge in [-0.15, -0.1) is 0 Å². The maximum Gasteiger partial charge on any atom is 0.156 e. The second-order valence-corrected chi connectivity index (χ2v) is 5.33. The molecule has 7 heteroatoms. The third kappa shape index (κ3) is 6.59. The molecule has 1 N–H and O–H groups in total. The standard InChI is InChI=1S/C12H12Cl4O3/c13-9-6-8(17)7-10(14)12(9)19-4-1-3-18-5-2-11(15)16/h2,6-7,17H,1,3-5H2. The molecule has 1 aromatic carbocycles. The maximum absolute atomic E-state index is 9.26. The molecular weight excluding hydrogens is 334 g/mol. The van der Waals surface area contributed by atoms with Crippen LogP contribution in [-0.2, 0) is 4.74 Å². The van der Waals surface area contributed by atoms with E-state index in [2.05, 4.69) is 0 Å². The van der Waals surface area contributed by atoms with E-state index >= 15 is 0 Å². The van der Waals surface area contributed by atoms with E-state index in [1.807, 2.05) is 0 Å². The fraction of sp³-hybridized carbons (Fsp3) is 0.333. The summed E-state index contributed by atoms with van der Waals surface area (Å²) in [6, 6.07) is 2.74. The first-order chi connectivity index (χ1) is 9.00. The van der Waals surface area contributed by atoms with E-state index in [1.165, 1.54) is 12.1 Å². The molecule has 0 saturated carbocycles. The van der Waals surface area contributed by atoms with Gasteiger partial charge in [0.1, 0.15) is 10.2 Å². The van der Waals surface area contributed by atoms with Crippen molar-refractivity contribution < 1.29 is 14.6 Å². The van der Waals surface area contributed by atoms with Gasteiger partial charge in [-0.05, 0) is 6.08 Å². The zero-order valence-corrected chi connectivity index (χ0v) is 12.9. The van der Waals surface area contributed by atoms with Gasteiger partial charge in [-0.2, -0.15) is 0 Å². The molecule has 106 valence electrons. The van der Waals surface area contributed by atoms with E-state index in [1.54, 1.807) is 6.08 Å². The molecule has 0 spiro atoms. The molecule has 0 fully saturated rings. The topological polar surface area (TPSA) is 38.7 Å². The number of hydrogen-bond donors (Lipinski definition) is 1. The second-order valence-electron chi connectivity index (χ2n) is 3.51.